The predicted molar refractivity (Wildman–Crippen MR) is 75.3 cm³/mol. The number of carbonyl (C=O) groups excluding carboxylic acids is 1. The molecule has 0 spiro atoms. The van der Waals surface area contributed by atoms with Gasteiger partial charge in [0.15, 0.2) is 17.3 Å². The first-order valence-electron chi connectivity index (χ1n) is 6.21. The van der Waals surface area contributed by atoms with Gasteiger partial charge in [0.25, 0.3) is 0 Å². The van der Waals surface area contributed by atoms with Crippen LogP contribution in [0.5, 0.6) is 11.5 Å². The van der Waals surface area contributed by atoms with Crippen LogP contribution in [0.25, 0.3) is 0 Å². The average molecular weight is 290 g/mol. The maximum atomic E-state index is 12.2. The third-order valence-electron chi connectivity index (χ3n) is 3.02. The molecular formula is C14H14N2O3S. The van der Waals surface area contributed by atoms with E-state index in [1.807, 2.05) is 17.3 Å². The Hall–Kier alpha value is -1.92. The lowest BCUT2D eigenvalue weighted by molar-refractivity contribution is 0.0942. The van der Waals surface area contributed by atoms with E-state index in [1.54, 1.807) is 35.0 Å². The van der Waals surface area contributed by atoms with E-state index in [0.29, 0.717) is 30.2 Å². The van der Waals surface area contributed by atoms with Gasteiger partial charge in [0.05, 0.1) is 17.7 Å². The number of Topliss-reactive ketones (excluding diaryl/α,β-unsaturated/α-hetero) is 1. The van der Waals surface area contributed by atoms with Crippen LogP contribution in [-0.4, -0.2) is 36.1 Å². The maximum Gasteiger partial charge on any atom is 0.231 e. The van der Waals surface area contributed by atoms with Crippen molar-refractivity contribution in [2.24, 2.45) is 0 Å². The molecule has 0 amide bonds. The molecule has 1 aliphatic rings. The van der Waals surface area contributed by atoms with Crippen LogP contribution in [0.15, 0.2) is 29.1 Å². The van der Waals surface area contributed by atoms with Gasteiger partial charge in [0.2, 0.25) is 6.79 Å². The number of hydrogen-bond acceptors (Lipinski definition) is 6. The highest BCUT2D eigenvalue weighted by molar-refractivity contribution is 7.07. The van der Waals surface area contributed by atoms with Crippen LogP contribution in [-0.2, 0) is 6.54 Å². The second-order valence-corrected chi connectivity index (χ2v) is 5.36. The molecule has 2 heterocycles. The molecule has 0 radical (unpaired) electrons. The highest BCUT2D eigenvalue weighted by Crippen LogP contribution is 2.32. The number of aromatic nitrogens is 1. The number of nitrogens with zero attached hydrogens (tertiary/aromatic N) is 2. The van der Waals surface area contributed by atoms with Crippen molar-refractivity contribution in [1.82, 2.24) is 9.88 Å². The van der Waals surface area contributed by atoms with Gasteiger partial charge in [-0.05, 0) is 25.2 Å². The molecule has 5 nitrogen and oxygen atoms in total. The Morgan fingerprint density at radius 3 is 3.05 bits per heavy atom. The Balaban J connectivity index is 1.64. The molecule has 0 saturated heterocycles. The minimum absolute atomic E-state index is 0.0565. The van der Waals surface area contributed by atoms with Crippen LogP contribution in [0.1, 0.15) is 16.1 Å². The Morgan fingerprint density at radius 2 is 2.25 bits per heavy atom. The molecule has 104 valence electrons. The number of ketones is 1. The van der Waals surface area contributed by atoms with Gasteiger partial charge in [-0.1, -0.05) is 0 Å². The summed E-state index contributed by atoms with van der Waals surface area (Å²) in [4.78, 5) is 18.4. The van der Waals surface area contributed by atoms with Crippen LogP contribution in [0.3, 0.4) is 0 Å². The molecule has 1 aliphatic heterocycles. The molecule has 1 aromatic heterocycles. The molecule has 0 aliphatic carbocycles. The number of carbonyl (C=O) groups is 1. The summed E-state index contributed by atoms with van der Waals surface area (Å²) in [5.74, 6) is 1.39. The maximum absolute atomic E-state index is 12.2. The number of rotatable bonds is 5. The van der Waals surface area contributed by atoms with Crippen molar-refractivity contribution in [1.29, 1.82) is 0 Å². The SMILES string of the molecule is CN(CC(=O)c1ccc2c(c1)OCO2)Cc1cscn1. The zero-order valence-corrected chi connectivity index (χ0v) is 11.9. The zero-order chi connectivity index (χ0) is 13.9. The molecule has 6 heteroatoms. The smallest absolute Gasteiger partial charge is 0.231 e. The Labute approximate surface area is 120 Å². The topological polar surface area (TPSA) is 51.7 Å². The molecule has 0 bridgehead atoms. The van der Waals surface area contributed by atoms with E-state index < -0.39 is 0 Å². The summed E-state index contributed by atoms with van der Waals surface area (Å²) in [7, 11) is 1.91. The predicted octanol–water partition coefficient (Wildman–Crippen LogP) is 2.19. The van der Waals surface area contributed by atoms with Crippen LogP contribution >= 0.6 is 11.3 Å². The Bertz CT molecular complexity index is 613. The first kappa shape index (κ1) is 13.1. The quantitative estimate of drug-likeness (QED) is 0.790. The first-order chi connectivity index (χ1) is 9.72. The Kier molecular flexibility index (Phi) is 3.66. The van der Waals surface area contributed by atoms with Gasteiger partial charge in [-0.3, -0.25) is 9.69 Å². The van der Waals surface area contributed by atoms with Crippen LogP contribution in [0.2, 0.25) is 0 Å². The fraction of sp³-hybridized carbons (Fsp3) is 0.286. The summed E-state index contributed by atoms with van der Waals surface area (Å²) < 4.78 is 10.5. The van der Waals surface area contributed by atoms with E-state index in [0.717, 1.165) is 5.69 Å². The molecular weight excluding hydrogens is 276 g/mol. The normalized spacial score (nSPS) is 12.9. The summed E-state index contributed by atoms with van der Waals surface area (Å²) in [6, 6.07) is 5.28. The fourth-order valence-corrected chi connectivity index (χ4v) is 2.60. The standard InChI is InChI=1S/C14H14N2O3S/c1-16(5-11-7-20-8-15-11)6-12(17)10-2-3-13-14(4-10)19-9-18-13/h2-4,7-8H,5-6,9H2,1H3. The van der Waals surface area contributed by atoms with Gasteiger partial charge in [-0.2, -0.15) is 0 Å². The van der Waals surface area contributed by atoms with Crippen molar-refractivity contribution in [2.75, 3.05) is 20.4 Å². The summed E-state index contributed by atoms with van der Waals surface area (Å²) in [6.07, 6.45) is 0. The van der Waals surface area contributed by atoms with Crippen molar-refractivity contribution in [3.8, 4) is 11.5 Å². The van der Waals surface area contributed by atoms with Gasteiger partial charge in [0, 0.05) is 17.5 Å². The number of ether oxygens (including phenoxy) is 2. The largest absolute Gasteiger partial charge is 0.454 e. The summed E-state index contributed by atoms with van der Waals surface area (Å²) in [5, 5.41) is 1.99. The lowest BCUT2D eigenvalue weighted by Gasteiger charge is -2.14. The summed E-state index contributed by atoms with van der Waals surface area (Å²) in [6.45, 7) is 1.23. The van der Waals surface area contributed by atoms with Gasteiger partial charge < -0.3 is 9.47 Å². The molecule has 0 atom stereocenters. The first-order valence-corrected chi connectivity index (χ1v) is 7.15. The van der Waals surface area contributed by atoms with Gasteiger partial charge in [0.1, 0.15) is 0 Å². The van der Waals surface area contributed by atoms with Crippen molar-refractivity contribution >= 4 is 17.1 Å². The highest BCUT2D eigenvalue weighted by Gasteiger charge is 2.17. The number of thiazole rings is 1. The van der Waals surface area contributed by atoms with E-state index >= 15 is 0 Å². The number of fused-ring (bicyclic) bond motifs is 1. The van der Waals surface area contributed by atoms with Gasteiger partial charge >= 0.3 is 0 Å². The van der Waals surface area contributed by atoms with Crippen LogP contribution in [0, 0.1) is 0 Å². The Morgan fingerprint density at radius 1 is 1.40 bits per heavy atom. The van der Waals surface area contributed by atoms with Gasteiger partial charge in [-0.15, -0.1) is 11.3 Å². The molecule has 3 rings (SSSR count). The summed E-state index contributed by atoms with van der Waals surface area (Å²) >= 11 is 1.56. The second-order valence-electron chi connectivity index (χ2n) is 4.64. The zero-order valence-electron chi connectivity index (χ0n) is 11.0. The molecule has 20 heavy (non-hydrogen) atoms. The molecule has 0 N–H and O–H groups in total. The van der Waals surface area contributed by atoms with Crippen LogP contribution < -0.4 is 9.47 Å². The molecule has 0 saturated carbocycles. The third kappa shape index (κ3) is 2.81. The molecule has 2 aromatic rings. The third-order valence-corrected chi connectivity index (χ3v) is 3.66. The fourth-order valence-electron chi connectivity index (χ4n) is 2.05. The average Bonchev–Trinajstić information content (AvgIpc) is 3.07. The van der Waals surface area contributed by atoms with E-state index in [-0.39, 0.29) is 12.6 Å². The minimum Gasteiger partial charge on any atom is -0.454 e. The minimum atomic E-state index is 0.0565. The van der Waals surface area contributed by atoms with E-state index in [4.69, 9.17) is 9.47 Å². The van der Waals surface area contributed by atoms with Crippen molar-refractivity contribution in [3.63, 3.8) is 0 Å². The second kappa shape index (κ2) is 5.60. The van der Waals surface area contributed by atoms with E-state index in [9.17, 15) is 4.79 Å². The van der Waals surface area contributed by atoms with E-state index in [1.165, 1.54) is 0 Å². The van der Waals surface area contributed by atoms with E-state index in [2.05, 4.69) is 4.98 Å². The molecule has 1 aromatic carbocycles. The number of benzene rings is 1. The number of hydrogen-bond donors (Lipinski definition) is 0. The van der Waals surface area contributed by atoms with Crippen molar-refractivity contribution in [2.45, 2.75) is 6.54 Å². The lowest BCUT2D eigenvalue weighted by atomic mass is 10.1. The lowest BCUT2D eigenvalue weighted by Crippen LogP contribution is -2.25. The highest BCUT2D eigenvalue weighted by atomic mass is 32.1. The molecule has 0 unspecified atom stereocenters. The monoisotopic (exact) mass is 290 g/mol. The van der Waals surface area contributed by atoms with Crippen LogP contribution in [0.4, 0.5) is 0 Å². The number of likely N-dealkylation sites (N-methyl/N-ethyl adjacent to an activating group) is 1. The van der Waals surface area contributed by atoms with Crippen molar-refractivity contribution in [3.05, 3.63) is 40.3 Å². The van der Waals surface area contributed by atoms with Gasteiger partial charge in [-0.25, -0.2) is 4.98 Å². The molecule has 0 fully saturated rings. The van der Waals surface area contributed by atoms with Crippen molar-refractivity contribution < 1.29 is 14.3 Å². The summed E-state index contributed by atoms with van der Waals surface area (Å²) in [5.41, 5.74) is 3.42.